The fourth-order valence-electron chi connectivity index (χ4n) is 1.45. The van der Waals surface area contributed by atoms with E-state index in [4.69, 9.17) is 0 Å². The van der Waals surface area contributed by atoms with Gasteiger partial charge in [-0.2, -0.15) is 0 Å². The average Bonchev–Trinajstić information content (AvgIpc) is 2.05. The zero-order chi connectivity index (χ0) is 7.40. The Morgan fingerprint density at radius 2 is 2.40 bits per heavy atom. The van der Waals surface area contributed by atoms with E-state index in [9.17, 15) is 0 Å². The van der Waals surface area contributed by atoms with Gasteiger partial charge < -0.3 is 5.32 Å². The molecule has 1 rings (SSSR count). The second kappa shape index (κ2) is 3.77. The normalized spacial score (nSPS) is 26.3. The molecule has 0 aromatic rings. The SMILES string of the molecule is C=C(CC)C1CCCCN1. The van der Waals surface area contributed by atoms with Crippen molar-refractivity contribution in [2.75, 3.05) is 6.54 Å². The van der Waals surface area contributed by atoms with Crippen LogP contribution in [0.2, 0.25) is 0 Å². The zero-order valence-corrected chi connectivity index (χ0v) is 6.82. The van der Waals surface area contributed by atoms with Crippen molar-refractivity contribution in [2.24, 2.45) is 0 Å². The number of rotatable bonds is 2. The Kier molecular flexibility index (Phi) is 2.94. The molecule has 58 valence electrons. The van der Waals surface area contributed by atoms with Crippen LogP contribution < -0.4 is 5.32 Å². The van der Waals surface area contributed by atoms with Gasteiger partial charge in [-0.1, -0.05) is 25.5 Å². The van der Waals surface area contributed by atoms with Crippen molar-refractivity contribution >= 4 is 0 Å². The number of nitrogens with one attached hydrogen (secondary N) is 1. The van der Waals surface area contributed by atoms with Gasteiger partial charge in [-0.05, 0) is 25.8 Å². The van der Waals surface area contributed by atoms with Gasteiger partial charge in [0.15, 0.2) is 0 Å². The maximum absolute atomic E-state index is 4.03. The van der Waals surface area contributed by atoms with Gasteiger partial charge in [0.1, 0.15) is 0 Å². The number of piperidine rings is 1. The molecular formula is C9H17N. The quantitative estimate of drug-likeness (QED) is 0.578. The van der Waals surface area contributed by atoms with E-state index in [1.807, 2.05) is 0 Å². The Morgan fingerprint density at radius 3 is 2.90 bits per heavy atom. The third kappa shape index (κ3) is 1.84. The van der Waals surface area contributed by atoms with Crippen LogP contribution in [-0.2, 0) is 0 Å². The van der Waals surface area contributed by atoms with Crippen molar-refractivity contribution in [3.05, 3.63) is 12.2 Å². The summed E-state index contributed by atoms with van der Waals surface area (Å²) < 4.78 is 0. The van der Waals surface area contributed by atoms with Crippen LogP contribution in [0.1, 0.15) is 32.6 Å². The summed E-state index contributed by atoms with van der Waals surface area (Å²) in [5.74, 6) is 0. The molecule has 1 aliphatic rings. The fraction of sp³-hybridized carbons (Fsp3) is 0.778. The molecule has 1 N–H and O–H groups in total. The third-order valence-corrected chi connectivity index (χ3v) is 2.26. The molecule has 0 aromatic carbocycles. The second-order valence-electron chi connectivity index (χ2n) is 3.01. The molecule has 1 unspecified atom stereocenters. The molecule has 1 aliphatic heterocycles. The molecule has 0 aromatic heterocycles. The minimum Gasteiger partial charge on any atom is -0.310 e. The van der Waals surface area contributed by atoms with Gasteiger partial charge in [0.25, 0.3) is 0 Å². The van der Waals surface area contributed by atoms with Crippen LogP contribution >= 0.6 is 0 Å². The van der Waals surface area contributed by atoms with E-state index in [1.165, 1.54) is 31.4 Å². The minimum absolute atomic E-state index is 0.624. The van der Waals surface area contributed by atoms with E-state index in [-0.39, 0.29) is 0 Å². The number of hydrogen-bond acceptors (Lipinski definition) is 1. The molecule has 1 heterocycles. The summed E-state index contributed by atoms with van der Waals surface area (Å²) in [4.78, 5) is 0. The minimum atomic E-state index is 0.624. The smallest absolute Gasteiger partial charge is 0.0276 e. The largest absolute Gasteiger partial charge is 0.310 e. The van der Waals surface area contributed by atoms with Crippen LogP contribution in [0.15, 0.2) is 12.2 Å². The summed E-state index contributed by atoms with van der Waals surface area (Å²) in [7, 11) is 0. The van der Waals surface area contributed by atoms with Gasteiger partial charge in [-0.3, -0.25) is 0 Å². The van der Waals surface area contributed by atoms with Crippen LogP contribution in [0, 0.1) is 0 Å². The molecule has 0 radical (unpaired) electrons. The highest BCUT2D eigenvalue weighted by molar-refractivity contribution is 5.05. The Bertz CT molecular complexity index is 112. The van der Waals surface area contributed by atoms with Crippen molar-refractivity contribution in [3.63, 3.8) is 0 Å². The predicted octanol–water partition coefficient (Wildman–Crippen LogP) is 2.09. The molecule has 0 saturated carbocycles. The molecule has 10 heavy (non-hydrogen) atoms. The van der Waals surface area contributed by atoms with Crippen molar-refractivity contribution in [1.82, 2.24) is 5.32 Å². The van der Waals surface area contributed by atoms with E-state index in [2.05, 4.69) is 18.8 Å². The summed E-state index contributed by atoms with van der Waals surface area (Å²) in [5.41, 5.74) is 1.37. The van der Waals surface area contributed by atoms with Crippen molar-refractivity contribution in [1.29, 1.82) is 0 Å². The number of hydrogen-bond donors (Lipinski definition) is 1. The van der Waals surface area contributed by atoms with Gasteiger partial charge in [0, 0.05) is 6.04 Å². The van der Waals surface area contributed by atoms with Crippen molar-refractivity contribution in [2.45, 2.75) is 38.6 Å². The highest BCUT2D eigenvalue weighted by atomic mass is 14.9. The van der Waals surface area contributed by atoms with E-state index in [0.29, 0.717) is 6.04 Å². The zero-order valence-electron chi connectivity index (χ0n) is 6.82. The van der Waals surface area contributed by atoms with Crippen LogP contribution in [0.3, 0.4) is 0 Å². The maximum atomic E-state index is 4.03. The Labute approximate surface area is 63.5 Å². The van der Waals surface area contributed by atoms with E-state index in [0.717, 1.165) is 6.42 Å². The standard InChI is InChI=1S/C9H17N/c1-3-8(2)9-6-4-5-7-10-9/h9-10H,2-7H2,1H3. The molecule has 1 saturated heterocycles. The predicted molar refractivity (Wildman–Crippen MR) is 45.1 cm³/mol. The average molecular weight is 139 g/mol. The van der Waals surface area contributed by atoms with Gasteiger partial charge in [0.05, 0.1) is 0 Å². The van der Waals surface area contributed by atoms with Gasteiger partial charge in [-0.15, -0.1) is 0 Å². The Balaban J connectivity index is 2.31. The molecular weight excluding hydrogens is 122 g/mol. The summed E-state index contributed by atoms with van der Waals surface area (Å²) in [6.07, 6.45) is 5.13. The lowest BCUT2D eigenvalue weighted by atomic mass is 9.97. The molecule has 1 fully saturated rings. The molecule has 0 spiro atoms. The van der Waals surface area contributed by atoms with E-state index in [1.54, 1.807) is 0 Å². The lowest BCUT2D eigenvalue weighted by Gasteiger charge is -2.24. The lowest BCUT2D eigenvalue weighted by Crippen LogP contribution is -2.34. The first kappa shape index (κ1) is 7.80. The van der Waals surface area contributed by atoms with Crippen molar-refractivity contribution in [3.8, 4) is 0 Å². The monoisotopic (exact) mass is 139 g/mol. The first-order chi connectivity index (χ1) is 4.84. The summed E-state index contributed by atoms with van der Waals surface area (Å²) in [6.45, 7) is 7.40. The van der Waals surface area contributed by atoms with Crippen LogP contribution in [0.25, 0.3) is 0 Å². The summed E-state index contributed by atoms with van der Waals surface area (Å²) in [6, 6.07) is 0.624. The summed E-state index contributed by atoms with van der Waals surface area (Å²) >= 11 is 0. The van der Waals surface area contributed by atoms with E-state index >= 15 is 0 Å². The lowest BCUT2D eigenvalue weighted by molar-refractivity contribution is 0.435. The Morgan fingerprint density at radius 1 is 1.60 bits per heavy atom. The highest BCUT2D eigenvalue weighted by Gasteiger charge is 2.13. The molecule has 0 aliphatic carbocycles. The third-order valence-electron chi connectivity index (χ3n) is 2.26. The molecule has 0 amide bonds. The van der Waals surface area contributed by atoms with Gasteiger partial charge in [-0.25, -0.2) is 0 Å². The highest BCUT2D eigenvalue weighted by Crippen LogP contribution is 2.14. The first-order valence-electron chi connectivity index (χ1n) is 4.25. The molecule has 0 bridgehead atoms. The van der Waals surface area contributed by atoms with E-state index < -0.39 is 0 Å². The second-order valence-corrected chi connectivity index (χ2v) is 3.01. The maximum Gasteiger partial charge on any atom is 0.0276 e. The van der Waals surface area contributed by atoms with Gasteiger partial charge >= 0.3 is 0 Å². The fourth-order valence-corrected chi connectivity index (χ4v) is 1.45. The molecule has 1 heteroatoms. The first-order valence-corrected chi connectivity index (χ1v) is 4.25. The molecule has 1 nitrogen and oxygen atoms in total. The van der Waals surface area contributed by atoms with Crippen molar-refractivity contribution < 1.29 is 0 Å². The Hall–Kier alpha value is -0.300. The van der Waals surface area contributed by atoms with Crippen LogP contribution in [0.5, 0.6) is 0 Å². The topological polar surface area (TPSA) is 12.0 Å². The van der Waals surface area contributed by atoms with Gasteiger partial charge in [0.2, 0.25) is 0 Å². The van der Waals surface area contributed by atoms with Crippen LogP contribution in [0.4, 0.5) is 0 Å². The summed E-state index contributed by atoms with van der Waals surface area (Å²) in [5, 5.41) is 3.47. The molecule has 1 atom stereocenters. The van der Waals surface area contributed by atoms with Crippen LogP contribution in [-0.4, -0.2) is 12.6 Å².